The van der Waals surface area contributed by atoms with E-state index >= 15 is 0 Å². The molecule has 2 rings (SSSR count). The summed E-state index contributed by atoms with van der Waals surface area (Å²) in [6, 6.07) is 9.62. The van der Waals surface area contributed by atoms with Gasteiger partial charge in [0.2, 0.25) is 5.88 Å². The van der Waals surface area contributed by atoms with Gasteiger partial charge in [-0.2, -0.15) is 0 Å². The normalized spacial score (nSPS) is 10.1. The molecule has 0 radical (unpaired) electrons. The van der Waals surface area contributed by atoms with Crippen LogP contribution in [0.3, 0.4) is 0 Å². The van der Waals surface area contributed by atoms with Crippen molar-refractivity contribution in [2.45, 2.75) is 6.43 Å². The molecule has 3 N–H and O–H groups in total. The van der Waals surface area contributed by atoms with Crippen molar-refractivity contribution in [3.05, 3.63) is 48.2 Å². The predicted octanol–water partition coefficient (Wildman–Crippen LogP) is 2.74. The molecule has 2 aromatic rings. The Hall–Kier alpha value is -2.45. The van der Waals surface area contributed by atoms with Crippen molar-refractivity contribution in [3.63, 3.8) is 0 Å². The lowest BCUT2D eigenvalue weighted by Crippen LogP contribution is -2.13. The first kappa shape index (κ1) is 20.6. The van der Waals surface area contributed by atoms with Crippen LogP contribution in [-0.2, 0) is 0 Å². The smallest absolute Gasteiger partial charge is 0.272 e. The third-order valence-corrected chi connectivity index (χ3v) is 2.85. The Balaban J connectivity index is 0.00000312. The Morgan fingerprint density at radius 2 is 1.88 bits per heavy atom. The number of alkyl halides is 2. The van der Waals surface area contributed by atoms with Gasteiger partial charge in [-0.3, -0.25) is 4.79 Å². The fourth-order valence-corrected chi connectivity index (χ4v) is 1.76. The Morgan fingerprint density at radius 1 is 1.16 bits per heavy atom. The average Bonchev–Trinajstić information content (AvgIpc) is 2.59. The van der Waals surface area contributed by atoms with Crippen LogP contribution in [0.2, 0.25) is 0 Å². The second-order valence-electron chi connectivity index (χ2n) is 4.70. The number of amides is 1. The van der Waals surface area contributed by atoms with E-state index < -0.39 is 13.0 Å². The quantitative estimate of drug-likeness (QED) is 0.743. The van der Waals surface area contributed by atoms with Crippen molar-refractivity contribution in [3.8, 4) is 11.6 Å². The van der Waals surface area contributed by atoms with E-state index in [1.54, 1.807) is 24.3 Å². The summed E-state index contributed by atoms with van der Waals surface area (Å²) in [5.41, 5.74) is 6.21. The third-order valence-electron chi connectivity index (χ3n) is 2.85. The van der Waals surface area contributed by atoms with E-state index in [9.17, 15) is 13.6 Å². The molecule has 0 spiro atoms. The summed E-state index contributed by atoms with van der Waals surface area (Å²) in [5.74, 6) is 0.312. The van der Waals surface area contributed by atoms with Crippen LogP contribution in [0.1, 0.15) is 10.4 Å². The maximum Gasteiger partial charge on any atom is 0.272 e. The molecular weight excluding hydrogens is 356 g/mol. The molecule has 9 heteroatoms. The van der Waals surface area contributed by atoms with Crippen LogP contribution in [0, 0.1) is 0 Å². The Morgan fingerprint density at radius 3 is 2.44 bits per heavy atom. The summed E-state index contributed by atoms with van der Waals surface area (Å²) in [4.78, 5) is 15.9. The number of aromatic nitrogens is 1. The number of halogens is 3. The molecule has 0 fully saturated rings. The van der Waals surface area contributed by atoms with Crippen molar-refractivity contribution < 1.29 is 23.0 Å². The van der Waals surface area contributed by atoms with Crippen molar-refractivity contribution >= 4 is 24.0 Å². The second-order valence-corrected chi connectivity index (χ2v) is 4.70. The maximum absolute atomic E-state index is 12.1. The van der Waals surface area contributed by atoms with Crippen molar-refractivity contribution in [1.29, 1.82) is 0 Å². The Labute approximate surface area is 149 Å². The summed E-state index contributed by atoms with van der Waals surface area (Å²) in [6.07, 6.45) is -1.32. The van der Waals surface area contributed by atoms with E-state index in [0.717, 1.165) is 0 Å². The van der Waals surface area contributed by atoms with Crippen molar-refractivity contribution in [2.24, 2.45) is 5.73 Å². The summed E-state index contributed by atoms with van der Waals surface area (Å²) < 4.78 is 34.2. The van der Waals surface area contributed by atoms with Gasteiger partial charge in [-0.1, -0.05) is 0 Å². The molecule has 0 saturated heterocycles. The Bertz CT molecular complexity index is 655. The largest absolute Gasteiger partial charge is 0.492 e. The van der Waals surface area contributed by atoms with Crippen LogP contribution in [0.15, 0.2) is 42.6 Å². The number of carbonyl (C=O) groups excluding carboxylic acids is 1. The number of nitrogens with one attached hydrogen (secondary N) is 1. The van der Waals surface area contributed by atoms with E-state index in [2.05, 4.69) is 10.3 Å². The van der Waals surface area contributed by atoms with E-state index in [0.29, 0.717) is 24.6 Å². The topological polar surface area (TPSA) is 86.5 Å². The minimum atomic E-state index is -2.58. The zero-order chi connectivity index (χ0) is 17.4. The molecule has 0 aliphatic heterocycles. The number of ether oxygens (including phenoxy) is 2. The first-order valence-electron chi connectivity index (χ1n) is 7.20. The first-order valence-corrected chi connectivity index (χ1v) is 7.20. The van der Waals surface area contributed by atoms with Crippen molar-refractivity contribution in [2.75, 3.05) is 25.1 Å². The van der Waals surface area contributed by atoms with Gasteiger partial charge in [0.25, 0.3) is 12.3 Å². The molecule has 0 atom stereocenters. The fourth-order valence-electron chi connectivity index (χ4n) is 1.76. The van der Waals surface area contributed by atoms with Gasteiger partial charge in [-0.25, -0.2) is 13.8 Å². The molecule has 0 aliphatic rings. The number of hydrogen-bond acceptors (Lipinski definition) is 5. The molecule has 0 aliphatic carbocycles. The van der Waals surface area contributed by atoms with Gasteiger partial charge in [0.15, 0.2) is 6.61 Å². The summed E-state index contributed by atoms with van der Waals surface area (Å²) >= 11 is 0. The molecule has 6 nitrogen and oxygen atoms in total. The first-order chi connectivity index (χ1) is 11.6. The minimum absolute atomic E-state index is 0. The number of anilines is 1. The summed E-state index contributed by atoms with van der Waals surface area (Å²) in [5, 5.41) is 2.69. The van der Waals surface area contributed by atoms with Gasteiger partial charge in [-0.05, 0) is 30.3 Å². The van der Waals surface area contributed by atoms with Gasteiger partial charge in [0.1, 0.15) is 12.4 Å². The number of carbonyl (C=O) groups is 1. The second kappa shape index (κ2) is 10.4. The van der Waals surface area contributed by atoms with Crippen molar-refractivity contribution in [1.82, 2.24) is 4.98 Å². The highest BCUT2D eigenvalue weighted by Crippen LogP contribution is 2.17. The molecule has 0 bridgehead atoms. The standard InChI is InChI=1S/C16H17F2N3O3.ClH/c17-14(18)10-24-15-6-1-11(9-20-15)16(22)21-12-2-4-13(5-3-12)23-8-7-19;/h1-6,9,14H,7-8,10,19H2,(H,21,22);1H. The van der Waals surface area contributed by atoms with Gasteiger partial charge in [0.05, 0.1) is 5.56 Å². The number of pyridine rings is 1. The lowest BCUT2D eigenvalue weighted by Gasteiger charge is -2.08. The van der Waals surface area contributed by atoms with Crippen LogP contribution in [0.25, 0.3) is 0 Å². The monoisotopic (exact) mass is 373 g/mol. The summed E-state index contributed by atoms with van der Waals surface area (Å²) in [7, 11) is 0. The predicted molar refractivity (Wildman–Crippen MR) is 91.9 cm³/mol. The highest BCUT2D eigenvalue weighted by atomic mass is 35.5. The highest BCUT2D eigenvalue weighted by Gasteiger charge is 2.09. The molecular formula is C16H18ClF2N3O3. The van der Waals surface area contributed by atoms with E-state index in [4.69, 9.17) is 15.2 Å². The van der Waals surface area contributed by atoms with Gasteiger partial charge in [-0.15, -0.1) is 12.4 Å². The number of benzene rings is 1. The molecule has 136 valence electrons. The molecule has 0 saturated carbocycles. The SMILES string of the molecule is Cl.NCCOc1ccc(NC(=O)c2ccc(OCC(F)F)nc2)cc1. The van der Waals surface area contributed by atoms with Crippen LogP contribution in [0.5, 0.6) is 11.6 Å². The van der Waals surface area contributed by atoms with E-state index in [-0.39, 0.29) is 29.8 Å². The molecule has 1 heterocycles. The van der Waals surface area contributed by atoms with Crippen LogP contribution in [-0.4, -0.2) is 37.1 Å². The maximum atomic E-state index is 12.1. The fraction of sp³-hybridized carbons (Fsp3) is 0.250. The lowest BCUT2D eigenvalue weighted by molar-refractivity contribution is 0.0795. The van der Waals surface area contributed by atoms with E-state index in [1.165, 1.54) is 18.3 Å². The number of rotatable bonds is 8. The van der Waals surface area contributed by atoms with Crippen LogP contribution < -0.4 is 20.5 Å². The summed E-state index contributed by atoms with van der Waals surface area (Å²) in [6.45, 7) is 0.0942. The lowest BCUT2D eigenvalue weighted by atomic mass is 10.2. The van der Waals surface area contributed by atoms with Gasteiger partial charge >= 0.3 is 0 Å². The molecule has 1 amide bonds. The molecule has 1 aromatic carbocycles. The van der Waals surface area contributed by atoms with Crippen LogP contribution >= 0.6 is 12.4 Å². The highest BCUT2D eigenvalue weighted by molar-refractivity contribution is 6.04. The number of nitrogens with zero attached hydrogens (tertiary/aromatic N) is 1. The molecule has 25 heavy (non-hydrogen) atoms. The third kappa shape index (κ3) is 6.90. The zero-order valence-electron chi connectivity index (χ0n) is 13.2. The van der Waals surface area contributed by atoms with E-state index in [1.807, 2.05) is 0 Å². The number of nitrogens with two attached hydrogens (primary N) is 1. The zero-order valence-corrected chi connectivity index (χ0v) is 14.0. The molecule has 0 unspecified atom stereocenters. The number of hydrogen-bond donors (Lipinski definition) is 2. The average molecular weight is 374 g/mol. The van der Waals surface area contributed by atoms with Crippen LogP contribution in [0.4, 0.5) is 14.5 Å². The van der Waals surface area contributed by atoms with Gasteiger partial charge in [0, 0.05) is 24.5 Å². The molecule has 1 aromatic heterocycles. The van der Waals surface area contributed by atoms with Gasteiger partial charge < -0.3 is 20.5 Å². The Kier molecular flexibility index (Phi) is 8.59. The minimum Gasteiger partial charge on any atom is -0.492 e.